The topological polar surface area (TPSA) is 121 Å². The summed E-state index contributed by atoms with van der Waals surface area (Å²) in [6.07, 6.45) is 3.97. The number of aliphatic hydroxyl groups excluding tert-OH is 2. The van der Waals surface area contributed by atoms with Crippen molar-refractivity contribution in [1.29, 1.82) is 0 Å². The maximum Gasteiger partial charge on any atom is 0.306 e. The van der Waals surface area contributed by atoms with Crippen molar-refractivity contribution < 1.29 is 34.4 Å². The van der Waals surface area contributed by atoms with E-state index in [9.17, 15) is 29.7 Å². The fraction of sp³-hybridized carbons (Fsp3) is 0.808. The summed E-state index contributed by atoms with van der Waals surface area (Å²) in [4.78, 5) is 37.8. The molecule has 0 bridgehead atoms. The van der Waals surface area contributed by atoms with Crippen LogP contribution in [0.1, 0.15) is 78.6 Å². The highest BCUT2D eigenvalue weighted by Crippen LogP contribution is 2.71. The van der Waals surface area contributed by atoms with Crippen molar-refractivity contribution in [3.05, 3.63) is 11.6 Å². The highest BCUT2D eigenvalue weighted by atomic mass is 32.1. The zero-order valence-corrected chi connectivity index (χ0v) is 21.3. The first-order valence-corrected chi connectivity index (χ1v) is 13.0. The Balaban J connectivity index is 1.76. The first-order chi connectivity index (χ1) is 15.9. The molecule has 8 atom stereocenters. The van der Waals surface area contributed by atoms with Crippen LogP contribution in [-0.4, -0.2) is 62.0 Å². The predicted molar refractivity (Wildman–Crippen MR) is 128 cm³/mol. The summed E-state index contributed by atoms with van der Waals surface area (Å²) in [5.41, 5.74) is -2.62. The average molecular weight is 495 g/mol. The lowest BCUT2D eigenvalue weighted by Gasteiger charge is -2.66. The second-order valence-electron chi connectivity index (χ2n) is 11.3. The lowest BCUT2D eigenvalue weighted by Crippen LogP contribution is -2.71. The van der Waals surface area contributed by atoms with E-state index < -0.39 is 45.8 Å². The van der Waals surface area contributed by atoms with Gasteiger partial charge in [0.15, 0.2) is 11.6 Å². The lowest BCUT2D eigenvalue weighted by atomic mass is 9.44. The van der Waals surface area contributed by atoms with Crippen molar-refractivity contribution in [2.75, 3.05) is 6.61 Å². The van der Waals surface area contributed by atoms with Gasteiger partial charge >= 0.3 is 5.97 Å². The number of carbonyl (C=O) groups is 3. The Morgan fingerprint density at radius 2 is 1.94 bits per heavy atom. The Morgan fingerprint density at radius 1 is 1.24 bits per heavy atom. The summed E-state index contributed by atoms with van der Waals surface area (Å²) < 4.78 is 4.93. The van der Waals surface area contributed by atoms with Crippen molar-refractivity contribution in [2.24, 2.45) is 22.7 Å². The van der Waals surface area contributed by atoms with E-state index >= 15 is 0 Å². The van der Waals surface area contributed by atoms with Crippen LogP contribution in [0.3, 0.4) is 0 Å². The monoisotopic (exact) mass is 494 g/mol. The van der Waals surface area contributed by atoms with Crippen LogP contribution in [0.2, 0.25) is 0 Å². The average Bonchev–Trinajstić information content (AvgIpc) is 3.05. The van der Waals surface area contributed by atoms with Gasteiger partial charge < -0.3 is 20.1 Å². The Kier molecular flexibility index (Phi) is 6.63. The molecule has 3 fully saturated rings. The van der Waals surface area contributed by atoms with Gasteiger partial charge in [0, 0.05) is 23.7 Å². The molecule has 3 N–H and O–H groups in total. The minimum atomic E-state index is -1.70. The van der Waals surface area contributed by atoms with Gasteiger partial charge in [0.25, 0.3) is 0 Å². The van der Waals surface area contributed by atoms with Gasteiger partial charge in [-0.05, 0) is 56.4 Å². The fourth-order valence-corrected chi connectivity index (χ4v) is 8.63. The number of rotatable bonds is 6. The van der Waals surface area contributed by atoms with Crippen molar-refractivity contribution in [2.45, 2.75) is 101 Å². The maximum atomic E-state index is 12.6. The van der Waals surface area contributed by atoms with Crippen LogP contribution in [0.5, 0.6) is 0 Å². The summed E-state index contributed by atoms with van der Waals surface area (Å²) in [6.45, 7) is 5.05. The van der Waals surface area contributed by atoms with E-state index in [2.05, 4.69) is 0 Å². The van der Waals surface area contributed by atoms with Crippen LogP contribution in [0, 0.1) is 22.7 Å². The molecule has 8 heteroatoms. The first-order valence-electron chi connectivity index (χ1n) is 12.6. The normalized spacial score (nSPS) is 45.6. The molecule has 34 heavy (non-hydrogen) atoms. The van der Waals surface area contributed by atoms with Crippen LogP contribution in [0.4, 0.5) is 0 Å². The van der Waals surface area contributed by atoms with Crippen LogP contribution < -0.4 is 0 Å². The quantitative estimate of drug-likeness (QED) is 0.331. The summed E-state index contributed by atoms with van der Waals surface area (Å²) in [5, 5.41) is 32.7. The van der Waals surface area contributed by atoms with Crippen molar-refractivity contribution in [1.82, 2.24) is 0 Å². The van der Waals surface area contributed by atoms with Gasteiger partial charge in [0.1, 0.15) is 18.3 Å². The van der Waals surface area contributed by atoms with E-state index in [1.165, 1.54) is 0 Å². The zero-order chi connectivity index (χ0) is 25.1. The van der Waals surface area contributed by atoms with Gasteiger partial charge in [-0.25, -0.2) is 0 Å². The second kappa shape index (κ2) is 8.71. The van der Waals surface area contributed by atoms with Gasteiger partial charge in [-0.1, -0.05) is 32.8 Å². The summed E-state index contributed by atoms with van der Waals surface area (Å²) >= 11 is 5.20. The fourth-order valence-electron chi connectivity index (χ4n) is 7.95. The number of thiol groups is 1. The minimum Gasteiger partial charge on any atom is -0.461 e. The van der Waals surface area contributed by atoms with E-state index in [-0.39, 0.29) is 49.3 Å². The molecule has 190 valence electrons. The highest BCUT2D eigenvalue weighted by molar-refractivity contribution is 7.82. The standard InChI is InChI=1S/C26H38O7S/c1-4-5-6-22(31)33-21-12-16(28)11-15-7-8-18-17-9-10-25(32,20(30)14-27)23(17,2)13-19(29)26(18,34)24(15,21)3/h11,17-19,21,27,29,32,34H,4-10,12-14H2,1-3H3/t17-,18-,19-,21?,23-,24+,25-,26-/m0/s1. The number of esters is 1. The largest absolute Gasteiger partial charge is 0.461 e. The maximum absolute atomic E-state index is 12.6. The van der Waals surface area contributed by atoms with Crippen LogP contribution in [0.25, 0.3) is 0 Å². The number of ether oxygens (including phenoxy) is 1. The minimum absolute atomic E-state index is 0.0501. The summed E-state index contributed by atoms with van der Waals surface area (Å²) in [5.74, 6) is -1.32. The smallest absolute Gasteiger partial charge is 0.306 e. The SMILES string of the molecule is CCCCC(=O)OC1CC(=O)C=C2CC[C@H]3[C@@H]4CC[C@](O)(C(=O)CO)[C@@]4(C)C[C@H](O)[C@]3(S)[C@]21C. The number of fused-ring (bicyclic) bond motifs is 5. The molecule has 3 saturated carbocycles. The lowest BCUT2D eigenvalue weighted by molar-refractivity contribution is -0.188. The molecule has 0 aromatic heterocycles. The number of aliphatic hydroxyl groups is 3. The Morgan fingerprint density at radius 3 is 2.59 bits per heavy atom. The number of Topliss-reactive ketones (excluding diaryl/α,β-unsaturated/α-hetero) is 1. The van der Waals surface area contributed by atoms with Crippen LogP contribution in [0.15, 0.2) is 11.6 Å². The Bertz CT molecular complexity index is 917. The van der Waals surface area contributed by atoms with Gasteiger partial charge in [0.05, 0.1) is 10.9 Å². The third-order valence-electron chi connectivity index (χ3n) is 9.96. The summed E-state index contributed by atoms with van der Waals surface area (Å²) in [6, 6.07) is 0. The second-order valence-corrected chi connectivity index (χ2v) is 12.1. The van der Waals surface area contributed by atoms with Gasteiger partial charge in [-0.2, -0.15) is 12.6 Å². The molecule has 4 aliphatic carbocycles. The molecule has 0 spiro atoms. The Labute approximate surface area is 206 Å². The van der Waals surface area contributed by atoms with E-state index in [1.54, 1.807) is 6.08 Å². The van der Waals surface area contributed by atoms with Crippen molar-refractivity contribution >= 4 is 30.2 Å². The summed E-state index contributed by atoms with van der Waals surface area (Å²) in [7, 11) is 0. The third kappa shape index (κ3) is 3.31. The zero-order valence-electron chi connectivity index (χ0n) is 20.4. The molecule has 0 heterocycles. The molecule has 7 nitrogen and oxygen atoms in total. The predicted octanol–water partition coefficient (Wildman–Crippen LogP) is 2.55. The van der Waals surface area contributed by atoms with Crippen molar-refractivity contribution in [3.8, 4) is 0 Å². The molecule has 1 unspecified atom stereocenters. The van der Waals surface area contributed by atoms with E-state index in [0.29, 0.717) is 25.7 Å². The molecular formula is C26H38O7S. The number of carbonyl (C=O) groups excluding carboxylic acids is 3. The van der Waals surface area contributed by atoms with Crippen LogP contribution >= 0.6 is 12.6 Å². The third-order valence-corrected chi connectivity index (χ3v) is 11.1. The van der Waals surface area contributed by atoms with Gasteiger partial charge in [0.2, 0.25) is 0 Å². The highest BCUT2D eigenvalue weighted by Gasteiger charge is 2.74. The van der Waals surface area contributed by atoms with Crippen molar-refractivity contribution in [3.63, 3.8) is 0 Å². The molecule has 0 saturated heterocycles. The molecule has 0 radical (unpaired) electrons. The molecule has 0 aromatic rings. The molecule has 4 rings (SSSR count). The molecular weight excluding hydrogens is 456 g/mol. The van der Waals surface area contributed by atoms with E-state index in [4.69, 9.17) is 17.4 Å². The number of unbranched alkanes of at least 4 members (excludes halogenated alkanes) is 1. The molecule has 0 aromatic carbocycles. The first kappa shape index (κ1) is 25.9. The van der Waals surface area contributed by atoms with E-state index in [1.807, 2.05) is 20.8 Å². The van der Waals surface area contributed by atoms with E-state index in [0.717, 1.165) is 12.0 Å². The van der Waals surface area contributed by atoms with Gasteiger partial charge in [-0.3, -0.25) is 14.4 Å². The molecule has 4 aliphatic rings. The Hall–Kier alpha value is -1.22. The number of ketones is 2. The number of hydrogen-bond acceptors (Lipinski definition) is 8. The molecule has 0 amide bonds. The molecule has 0 aliphatic heterocycles. The van der Waals surface area contributed by atoms with Gasteiger partial charge in [-0.15, -0.1) is 0 Å². The number of hydrogen-bond donors (Lipinski definition) is 4. The van der Waals surface area contributed by atoms with Crippen LogP contribution in [-0.2, 0) is 19.1 Å².